The van der Waals surface area contributed by atoms with Crippen LogP contribution in [0.15, 0.2) is 41.8 Å². The summed E-state index contributed by atoms with van der Waals surface area (Å²) in [6.45, 7) is 1.90. The first-order valence-corrected chi connectivity index (χ1v) is 6.94. The van der Waals surface area contributed by atoms with E-state index in [0.717, 1.165) is 5.69 Å². The van der Waals surface area contributed by atoms with Gasteiger partial charge in [-0.15, -0.1) is 10.2 Å². The Balaban J connectivity index is 1.83. The summed E-state index contributed by atoms with van der Waals surface area (Å²) >= 11 is 1.41. The number of rotatable bonds is 3. The van der Waals surface area contributed by atoms with Gasteiger partial charge >= 0.3 is 5.97 Å². The van der Waals surface area contributed by atoms with Crippen LogP contribution in [0.25, 0.3) is 5.69 Å². The van der Waals surface area contributed by atoms with Gasteiger partial charge in [0.2, 0.25) is 0 Å². The molecule has 19 heavy (non-hydrogen) atoms. The lowest BCUT2D eigenvalue weighted by Crippen LogP contribution is -2.10. The molecule has 1 saturated heterocycles. The molecule has 3 rings (SSSR count). The van der Waals surface area contributed by atoms with Gasteiger partial charge in [0.25, 0.3) is 0 Å². The zero-order chi connectivity index (χ0) is 13.2. The summed E-state index contributed by atoms with van der Waals surface area (Å²) < 4.78 is 7.03. The molecule has 98 valence electrons. The molecule has 0 bridgehead atoms. The molecule has 6 heteroatoms. The molecule has 0 amide bonds. The van der Waals surface area contributed by atoms with Crippen molar-refractivity contribution in [1.82, 2.24) is 14.8 Å². The largest absolute Gasteiger partial charge is 0.462 e. The second kappa shape index (κ2) is 5.05. The molecule has 0 N–H and O–H groups in total. The number of cyclic esters (lactones) is 1. The van der Waals surface area contributed by atoms with Crippen molar-refractivity contribution in [3.63, 3.8) is 0 Å². The average Bonchev–Trinajstić information content (AvgIpc) is 2.98. The van der Waals surface area contributed by atoms with Crippen LogP contribution in [0.5, 0.6) is 0 Å². The van der Waals surface area contributed by atoms with E-state index in [1.54, 1.807) is 6.33 Å². The highest BCUT2D eigenvalue weighted by molar-refractivity contribution is 8.00. The van der Waals surface area contributed by atoms with Gasteiger partial charge in [0, 0.05) is 12.1 Å². The van der Waals surface area contributed by atoms with Crippen LogP contribution in [0, 0.1) is 0 Å². The Morgan fingerprint density at radius 2 is 2.16 bits per heavy atom. The lowest BCUT2D eigenvalue weighted by Gasteiger charge is -2.07. The van der Waals surface area contributed by atoms with Crippen molar-refractivity contribution in [2.75, 3.05) is 0 Å². The smallest absolute Gasteiger partial charge is 0.319 e. The molecule has 2 atom stereocenters. The summed E-state index contributed by atoms with van der Waals surface area (Å²) in [6.07, 6.45) is 2.35. The van der Waals surface area contributed by atoms with Crippen molar-refractivity contribution in [1.29, 1.82) is 0 Å². The summed E-state index contributed by atoms with van der Waals surface area (Å²) in [4.78, 5) is 11.7. The first-order valence-electron chi connectivity index (χ1n) is 6.06. The molecule has 0 radical (unpaired) electrons. The normalized spacial score (nSPS) is 22.5. The minimum atomic E-state index is -0.193. The van der Waals surface area contributed by atoms with E-state index in [9.17, 15) is 4.79 Å². The maximum atomic E-state index is 11.7. The van der Waals surface area contributed by atoms with Crippen LogP contribution >= 0.6 is 11.8 Å². The Kier molecular flexibility index (Phi) is 3.25. The van der Waals surface area contributed by atoms with Crippen LogP contribution in [0.1, 0.15) is 13.3 Å². The zero-order valence-electron chi connectivity index (χ0n) is 10.4. The number of para-hydroxylation sites is 1. The summed E-state index contributed by atoms with van der Waals surface area (Å²) in [6, 6.07) is 9.81. The van der Waals surface area contributed by atoms with Crippen LogP contribution in [-0.4, -0.2) is 32.1 Å². The molecule has 0 saturated carbocycles. The minimum Gasteiger partial charge on any atom is -0.462 e. The minimum absolute atomic E-state index is 0.0157. The lowest BCUT2D eigenvalue weighted by atomic mass is 10.3. The number of hydrogen-bond acceptors (Lipinski definition) is 5. The van der Waals surface area contributed by atoms with Gasteiger partial charge in [-0.1, -0.05) is 30.0 Å². The molecular formula is C13H13N3O2S. The summed E-state index contributed by atoms with van der Waals surface area (Å²) in [7, 11) is 0. The third kappa shape index (κ3) is 2.49. The van der Waals surface area contributed by atoms with Crippen LogP contribution in [0.2, 0.25) is 0 Å². The highest BCUT2D eigenvalue weighted by Crippen LogP contribution is 2.31. The number of nitrogens with zero attached hydrogens (tertiary/aromatic N) is 3. The highest BCUT2D eigenvalue weighted by Gasteiger charge is 2.33. The van der Waals surface area contributed by atoms with Crippen LogP contribution in [0.3, 0.4) is 0 Å². The number of carbonyl (C=O) groups excluding carboxylic acids is 1. The first-order chi connectivity index (χ1) is 9.24. The Morgan fingerprint density at radius 1 is 1.37 bits per heavy atom. The van der Waals surface area contributed by atoms with Gasteiger partial charge in [-0.25, -0.2) is 0 Å². The third-order valence-corrected chi connectivity index (χ3v) is 4.08. The maximum absolute atomic E-state index is 11.7. The van der Waals surface area contributed by atoms with E-state index in [-0.39, 0.29) is 17.3 Å². The Morgan fingerprint density at radius 3 is 2.84 bits per heavy atom. The molecule has 2 heterocycles. The summed E-state index contributed by atoms with van der Waals surface area (Å²) in [5.41, 5.74) is 0.981. The topological polar surface area (TPSA) is 57.0 Å². The molecule has 1 aliphatic heterocycles. The highest BCUT2D eigenvalue weighted by atomic mass is 32.2. The molecule has 0 aliphatic carbocycles. The Hall–Kier alpha value is -1.82. The monoisotopic (exact) mass is 275 g/mol. The lowest BCUT2D eigenvalue weighted by molar-refractivity contribution is -0.140. The van der Waals surface area contributed by atoms with Crippen molar-refractivity contribution in [2.45, 2.75) is 29.9 Å². The molecule has 1 aliphatic rings. The fourth-order valence-electron chi connectivity index (χ4n) is 2.01. The van der Waals surface area contributed by atoms with Crippen molar-refractivity contribution in [3.8, 4) is 5.69 Å². The number of aromatic nitrogens is 3. The number of thioether (sulfide) groups is 1. The zero-order valence-corrected chi connectivity index (χ0v) is 11.2. The Labute approximate surface area is 115 Å². The van der Waals surface area contributed by atoms with Gasteiger partial charge in [-0.3, -0.25) is 9.36 Å². The predicted octanol–water partition coefficient (Wildman–Crippen LogP) is 2.06. The van der Waals surface area contributed by atoms with E-state index in [1.165, 1.54) is 11.8 Å². The van der Waals surface area contributed by atoms with Gasteiger partial charge in [0.05, 0.1) is 0 Å². The average molecular weight is 275 g/mol. The standard InChI is InChI=1S/C13H13N3O2S/c1-9-7-11(12(17)18-9)19-13-15-14-8-16(13)10-5-3-2-4-6-10/h2-6,8-9,11H,7H2,1H3/t9-,11+/m0/s1. The third-order valence-electron chi connectivity index (χ3n) is 2.92. The first kappa shape index (κ1) is 12.2. The summed E-state index contributed by atoms with van der Waals surface area (Å²) in [5.74, 6) is -0.167. The van der Waals surface area contributed by atoms with Crippen molar-refractivity contribution >= 4 is 17.7 Å². The van der Waals surface area contributed by atoms with Crippen molar-refractivity contribution < 1.29 is 9.53 Å². The van der Waals surface area contributed by atoms with E-state index in [0.29, 0.717) is 11.6 Å². The number of carbonyl (C=O) groups is 1. The number of benzene rings is 1. The van der Waals surface area contributed by atoms with E-state index >= 15 is 0 Å². The summed E-state index contributed by atoms with van der Waals surface area (Å²) in [5, 5.41) is 8.53. The molecule has 0 unspecified atom stereocenters. The van der Waals surface area contributed by atoms with Gasteiger partial charge in [-0.05, 0) is 19.1 Å². The van der Waals surface area contributed by atoms with E-state index < -0.39 is 0 Å². The van der Waals surface area contributed by atoms with Crippen LogP contribution < -0.4 is 0 Å². The van der Waals surface area contributed by atoms with Crippen molar-refractivity contribution in [3.05, 3.63) is 36.7 Å². The van der Waals surface area contributed by atoms with Gasteiger partial charge in [-0.2, -0.15) is 0 Å². The molecule has 0 spiro atoms. The van der Waals surface area contributed by atoms with Crippen molar-refractivity contribution in [2.24, 2.45) is 0 Å². The van der Waals surface area contributed by atoms with Gasteiger partial charge in [0.15, 0.2) is 5.16 Å². The predicted molar refractivity (Wildman–Crippen MR) is 71.2 cm³/mol. The fourth-order valence-corrected chi connectivity index (χ4v) is 3.15. The molecule has 1 fully saturated rings. The second-order valence-electron chi connectivity index (χ2n) is 4.41. The quantitative estimate of drug-likeness (QED) is 0.803. The number of ether oxygens (including phenoxy) is 1. The van der Waals surface area contributed by atoms with E-state index in [2.05, 4.69) is 10.2 Å². The number of hydrogen-bond donors (Lipinski definition) is 0. The van der Waals surface area contributed by atoms with Crippen LogP contribution in [-0.2, 0) is 9.53 Å². The van der Waals surface area contributed by atoms with E-state index in [4.69, 9.17) is 4.74 Å². The molecule has 1 aromatic heterocycles. The Bertz CT molecular complexity index is 585. The molecule has 2 aromatic rings. The van der Waals surface area contributed by atoms with Crippen LogP contribution in [0.4, 0.5) is 0 Å². The number of esters is 1. The van der Waals surface area contributed by atoms with E-state index in [1.807, 2.05) is 41.8 Å². The SMILES string of the molecule is C[C@H]1C[C@@H](Sc2nncn2-c2ccccc2)C(=O)O1. The second-order valence-corrected chi connectivity index (χ2v) is 5.58. The van der Waals surface area contributed by atoms with Gasteiger partial charge < -0.3 is 4.74 Å². The van der Waals surface area contributed by atoms with Gasteiger partial charge in [0.1, 0.15) is 17.7 Å². The molecule has 5 nitrogen and oxygen atoms in total. The fraction of sp³-hybridized carbons (Fsp3) is 0.308. The molecule has 1 aromatic carbocycles. The molecular weight excluding hydrogens is 262 g/mol. The maximum Gasteiger partial charge on any atom is 0.319 e.